The van der Waals surface area contributed by atoms with Crippen LogP contribution < -0.4 is 0 Å². The van der Waals surface area contributed by atoms with Gasteiger partial charge in [0.1, 0.15) is 5.69 Å². The van der Waals surface area contributed by atoms with E-state index < -0.39 is 0 Å². The Bertz CT molecular complexity index is 813. The third-order valence-corrected chi connectivity index (χ3v) is 3.77. The summed E-state index contributed by atoms with van der Waals surface area (Å²) in [6, 6.07) is 9.23. The fourth-order valence-electron chi connectivity index (χ4n) is 2.48. The first-order chi connectivity index (χ1) is 11.3. The lowest BCUT2D eigenvalue weighted by atomic mass is 9.99. The molecule has 0 radical (unpaired) electrons. The van der Waals surface area contributed by atoms with Crippen molar-refractivity contribution in [2.45, 2.75) is 5.92 Å². The van der Waals surface area contributed by atoms with E-state index in [-0.39, 0.29) is 11.8 Å². The molecule has 4 rings (SSSR count). The molecule has 3 heterocycles. The summed E-state index contributed by atoms with van der Waals surface area (Å²) in [6.07, 6.45) is 4.75. The third kappa shape index (κ3) is 2.57. The van der Waals surface area contributed by atoms with Gasteiger partial charge in [-0.1, -0.05) is 23.4 Å². The van der Waals surface area contributed by atoms with Gasteiger partial charge < -0.3 is 9.42 Å². The number of benzene rings is 1. The summed E-state index contributed by atoms with van der Waals surface area (Å²) in [5.41, 5.74) is 1.26. The summed E-state index contributed by atoms with van der Waals surface area (Å²) in [7, 11) is 0. The molecule has 23 heavy (non-hydrogen) atoms. The van der Waals surface area contributed by atoms with Gasteiger partial charge in [-0.2, -0.15) is 4.98 Å². The Morgan fingerprint density at radius 1 is 1.17 bits per heavy atom. The summed E-state index contributed by atoms with van der Waals surface area (Å²) in [6.45, 7) is 1.16. The average Bonchev–Trinajstić information content (AvgIpc) is 3.05. The van der Waals surface area contributed by atoms with Gasteiger partial charge in [0.2, 0.25) is 11.7 Å². The molecule has 0 spiro atoms. The van der Waals surface area contributed by atoms with Crippen LogP contribution in [0.25, 0.3) is 11.5 Å². The van der Waals surface area contributed by atoms with Crippen molar-refractivity contribution in [1.29, 1.82) is 0 Å². The maximum Gasteiger partial charge on any atom is 0.253 e. The summed E-state index contributed by atoms with van der Waals surface area (Å²) >= 11 is 0. The zero-order chi connectivity index (χ0) is 15.6. The Morgan fingerprint density at radius 3 is 2.74 bits per heavy atom. The number of carbonyl (C=O) groups excluding carboxylic acids is 1. The lowest BCUT2D eigenvalue weighted by Gasteiger charge is -2.37. The molecule has 0 bridgehead atoms. The predicted molar refractivity (Wildman–Crippen MR) is 80.4 cm³/mol. The number of nitrogens with zero attached hydrogens (tertiary/aromatic N) is 5. The summed E-state index contributed by atoms with van der Waals surface area (Å²) in [5.74, 6) is 1.04. The number of hydrogen-bond acceptors (Lipinski definition) is 6. The topological polar surface area (TPSA) is 85.0 Å². The van der Waals surface area contributed by atoms with Gasteiger partial charge >= 0.3 is 0 Å². The van der Waals surface area contributed by atoms with Crippen LogP contribution in [0, 0.1) is 0 Å². The van der Waals surface area contributed by atoms with Crippen LogP contribution in [0.2, 0.25) is 0 Å². The smallest absolute Gasteiger partial charge is 0.253 e. The van der Waals surface area contributed by atoms with Crippen molar-refractivity contribution < 1.29 is 9.32 Å². The van der Waals surface area contributed by atoms with Gasteiger partial charge in [0.05, 0.1) is 12.1 Å². The number of likely N-dealkylation sites (tertiary alicyclic amines) is 1. The lowest BCUT2D eigenvalue weighted by molar-refractivity contribution is 0.0569. The van der Waals surface area contributed by atoms with Crippen LogP contribution in [0.5, 0.6) is 0 Å². The van der Waals surface area contributed by atoms with E-state index >= 15 is 0 Å². The summed E-state index contributed by atoms with van der Waals surface area (Å²) in [4.78, 5) is 26.5. The minimum Gasteiger partial charge on any atom is -0.338 e. The van der Waals surface area contributed by atoms with Crippen LogP contribution in [-0.4, -0.2) is 44.0 Å². The minimum atomic E-state index is 0.0236. The van der Waals surface area contributed by atoms with Crippen LogP contribution in [-0.2, 0) is 0 Å². The highest BCUT2D eigenvalue weighted by molar-refractivity contribution is 5.94. The van der Waals surface area contributed by atoms with Crippen molar-refractivity contribution in [3.05, 3.63) is 60.4 Å². The highest BCUT2D eigenvalue weighted by atomic mass is 16.5. The van der Waals surface area contributed by atoms with Gasteiger partial charge in [-0.3, -0.25) is 9.78 Å². The number of carbonyl (C=O) groups is 1. The van der Waals surface area contributed by atoms with Crippen LogP contribution in [0.4, 0.5) is 0 Å². The second-order valence-electron chi connectivity index (χ2n) is 5.32. The Balaban J connectivity index is 1.43. The molecular weight excluding hydrogens is 294 g/mol. The Kier molecular flexibility index (Phi) is 3.30. The highest BCUT2D eigenvalue weighted by Gasteiger charge is 2.36. The SMILES string of the molecule is O=C(c1ccccc1)N1CC(c2nc(-c3cnccn3)no2)C1. The van der Waals surface area contributed by atoms with E-state index in [9.17, 15) is 4.79 Å². The lowest BCUT2D eigenvalue weighted by Crippen LogP contribution is -2.48. The highest BCUT2D eigenvalue weighted by Crippen LogP contribution is 2.28. The molecule has 1 fully saturated rings. The first-order valence-electron chi connectivity index (χ1n) is 7.25. The van der Waals surface area contributed by atoms with E-state index in [0.29, 0.717) is 36.1 Å². The van der Waals surface area contributed by atoms with Crippen molar-refractivity contribution in [3.8, 4) is 11.5 Å². The zero-order valence-electron chi connectivity index (χ0n) is 12.2. The molecule has 1 saturated heterocycles. The number of hydrogen-bond donors (Lipinski definition) is 0. The molecule has 0 N–H and O–H groups in total. The molecule has 0 atom stereocenters. The number of rotatable bonds is 3. The van der Waals surface area contributed by atoms with Crippen LogP contribution >= 0.6 is 0 Å². The number of amides is 1. The van der Waals surface area contributed by atoms with Crippen molar-refractivity contribution >= 4 is 5.91 Å². The molecule has 7 heteroatoms. The van der Waals surface area contributed by atoms with Crippen LogP contribution in [0.1, 0.15) is 22.2 Å². The van der Waals surface area contributed by atoms with E-state index in [1.807, 2.05) is 30.3 Å². The second-order valence-corrected chi connectivity index (χ2v) is 5.32. The first kappa shape index (κ1) is 13.6. The fraction of sp³-hybridized carbons (Fsp3) is 0.188. The van der Waals surface area contributed by atoms with E-state index in [2.05, 4.69) is 20.1 Å². The van der Waals surface area contributed by atoms with Gasteiger partial charge in [-0.25, -0.2) is 4.98 Å². The largest absolute Gasteiger partial charge is 0.338 e. The Labute approximate surface area is 132 Å². The normalized spacial score (nSPS) is 14.5. The molecule has 1 aromatic carbocycles. The average molecular weight is 307 g/mol. The molecule has 1 aliphatic heterocycles. The maximum absolute atomic E-state index is 12.3. The Morgan fingerprint density at radius 2 is 2.00 bits per heavy atom. The van der Waals surface area contributed by atoms with Gasteiger partial charge in [0, 0.05) is 31.0 Å². The molecule has 0 aliphatic carbocycles. The second kappa shape index (κ2) is 5.60. The minimum absolute atomic E-state index is 0.0236. The predicted octanol–water partition coefficient (Wildman–Crippen LogP) is 1.77. The summed E-state index contributed by atoms with van der Waals surface area (Å²) in [5, 5.41) is 3.93. The van der Waals surface area contributed by atoms with Crippen LogP contribution in [0.15, 0.2) is 53.4 Å². The molecule has 0 unspecified atom stereocenters. The van der Waals surface area contributed by atoms with Crippen molar-refractivity contribution in [3.63, 3.8) is 0 Å². The van der Waals surface area contributed by atoms with Gasteiger partial charge in [-0.05, 0) is 12.1 Å². The monoisotopic (exact) mass is 307 g/mol. The number of aromatic nitrogens is 4. The van der Waals surface area contributed by atoms with E-state index in [4.69, 9.17) is 4.52 Å². The third-order valence-electron chi connectivity index (χ3n) is 3.77. The summed E-state index contributed by atoms with van der Waals surface area (Å²) < 4.78 is 5.29. The molecule has 3 aromatic rings. The van der Waals surface area contributed by atoms with Gasteiger partial charge in [-0.15, -0.1) is 0 Å². The molecule has 1 amide bonds. The molecule has 1 aliphatic rings. The molecule has 114 valence electrons. The van der Waals surface area contributed by atoms with Crippen molar-refractivity contribution in [2.24, 2.45) is 0 Å². The standard InChI is InChI=1S/C16H13N5O2/c22-16(11-4-2-1-3-5-11)21-9-12(10-21)15-19-14(20-23-15)13-8-17-6-7-18-13/h1-8,12H,9-10H2. The quantitative estimate of drug-likeness (QED) is 0.733. The van der Waals surface area contributed by atoms with E-state index in [1.165, 1.54) is 0 Å². The van der Waals surface area contributed by atoms with Gasteiger partial charge in [0.25, 0.3) is 5.91 Å². The van der Waals surface area contributed by atoms with E-state index in [1.54, 1.807) is 23.5 Å². The first-order valence-corrected chi connectivity index (χ1v) is 7.25. The molecule has 7 nitrogen and oxygen atoms in total. The molecule has 0 saturated carbocycles. The van der Waals surface area contributed by atoms with E-state index in [0.717, 1.165) is 0 Å². The van der Waals surface area contributed by atoms with Gasteiger partial charge in [0.15, 0.2) is 0 Å². The zero-order valence-corrected chi connectivity index (χ0v) is 12.2. The maximum atomic E-state index is 12.3. The van der Waals surface area contributed by atoms with Crippen molar-refractivity contribution in [1.82, 2.24) is 25.0 Å². The van der Waals surface area contributed by atoms with Crippen LogP contribution in [0.3, 0.4) is 0 Å². The molecule has 2 aromatic heterocycles. The van der Waals surface area contributed by atoms with Crippen molar-refractivity contribution in [2.75, 3.05) is 13.1 Å². The molecular formula is C16H13N5O2. The fourth-order valence-corrected chi connectivity index (χ4v) is 2.48. The Hall–Kier alpha value is -3.09.